The van der Waals surface area contributed by atoms with Crippen molar-refractivity contribution in [3.05, 3.63) is 41.0 Å². The standard InChI is InChI=1S/C11H12N4OS/c1-8-10(15-3-5-17-11(15)13-8)7-12-6-9-2-4-16-14-9/h2-5,12H,6-7H2,1H3. The molecule has 0 aromatic carbocycles. The van der Waals surface area contributed by atoms with E-state index < -0.39 is 0 Å². The second kappa shape index (κ2) is 4.31. The molecular weight excluding hydrogens is 236 g/mol. The highest BCUT2D eigenvalue weighted by molar-refractivity contribution is 7.15. The van der Waals surface area contributed by atoms with Gasteiger partial charge in [0.2, 0.25) is 0 Å². The van der Waals surface area contributed by atoms with Crippen LogP contribution in [0.1, 0.15) is 17.1 Å². The Hall–Kier alpha value is -1.66. The highest BCUT2D eigenvalue weighted by atomic mass is 32.1. The number of hydrogen-bond acceptors (Lipinski definition) is 5. The van der Waals surface area contributed by atoms with Crippen molar-refractivity contribution in [1.82, 2.24) is 19.9 Å². The van der Waals surface area contributed by atoms with Gasteiger partial charge in [-0.15, -0.1) is 11.3 Å². The summed E-state index contributed by atoms with van der Waals surface area (Å²) in [6, 6.07) is 1.86. The summed E-state index contributed by atoms with van der Waals surface area (Å²) in [5.41, 5.74) is 3.18. The lowest BCUT2D eigenvalue weighted by Crippen LogP contribution is -2.14. The Morgan fingerprint density at radius 3 is 3.24 bits per heavy atom. The molecule has 0 spiro atoms. The van der Waals surface area contributed by atoms with E-state index in [2.05, 4.69) is 19.9 Å². The van der Waals surface area contributed by atoms with Crippen molar-refractivity contribution in [3.63, 3.8) is 0 Å². The summed E-state index contributed by atoms with van der Waals surface area (Å²) in [5, 5.41) is 9.23. The molecule has 88 valence electrons. The number of nitrogens with zero attached hydrogens (tertiary/aromatic N) is 3. The number of imidazole rings is 1. The van der Waals surface area contributed by atoms with E-state index >= 15 is 0 Å². The van der Waals surface area contributed by atoms with Crippen molar-refractivity contribution in [1.29, 1.82) is 0 Å². The fourth-order valence-electron chi connectivity index (χ4n) is 1.79. The second-order valence-corrected chi connectivity index (χ2v) is 4.67. The van der Waals surface area contributed by atoms with Crippen LogP contribution in [0.15, 0.2) is 28.4 Å². The Kier molecular flexibility index (Phi) is 2.66. The summed E-state index contributed by atoms with van der Waals surface area (Å²) in [6.07, 6.45) is 3.63. The van der Waals surface area contributed by atoms with Crippen LogP contribution in [-0.4, -0.2) is 14.5 Å². The highest BCUT2D eigenvalue weighted by Crippen LogP contribution is 2.16. The van der Waals surface area contributed by atoms with Crippen LogP contribution in [0, 0.1) is 6.92 Å². The molecule has 6 heteroatoms. The van der Waals surface area contributed by atoms with E-state index in [1.807, 2.05) is 24.6 Å². The van der Waals surface area contributed by atoms with Crippen molar-refractivity contribution < 1.29 is 4.52 Å². The number of rotatable bonds is 4. The van der Waals surface area contributed by atoms with Gasteiger partial charge in [-0.05, 0) is 6.92 Å². The van der Waals surface area contributed by atoms with Crippen LogP contribution >= 0.6 is 11.3 Å². The normalized spacial score (nSPS) is 11.4. The van der Waals surface area contributed by atoms with Gasteiger partial charge in [-0.3, -0.25) is 4.40 Å². The lowest BCUT2D eigenvalue weighted by Gasteiger charge is -2.02. The van der Waals surface area contributed by atoms with Crippen molar-refractivity contribution in [2.45, 2.75) is 20.0 Å². The number of aryl methyl sites for hydroxylation is 1. The van der Waals surface area contributed by atoms with Crippen LogP contribution < -0.4 is 5.32 Å². The number of thiazole rings is 1. The van der Waals surface area contributed by atoms with Gasteiger partial charge in [0.25, 0.3) is 0 Å². The van der Waals surface area contributed by atoms with Crippen molar-refractivity contribution >= 4 is 16.3 Å². The first-order chi connectivity index (χ1) is 8.34. The molecule has 3 aromatic heterocycles. The second-order valence-electron chi connectivity index (χ2n) is 3.79. The predicted molar refractivity (Wildman–Crippen MR) is 64.9 cm³/mol. The van der Waals surface area contributed by atoms with Gasteiger partial charge in [0.05, 0.1) is 17.1 Å². The molecule has 3 heterocycles. The zero-order valence-electron chi connectivity index (χ0n) is 9.38. The predicted octanol–water partition coefficient (Wildman–Crippen LogP) is 1.98. The fraction of sp³-hybridized carbons (Fsp3) is 0.273. The summed E-state index contributed by atoms with van der Waals surface area (Å²) in [4.78, 5) is 5.54. The zero-order chi connectivity index (χ0) is 11.7. The SMILES string of the molecule is Cc1nc2sccn2c1CNCc1ccon1. The molecule has 0 atom stereocenters. The van der Waals surface area contributed by atoms with E-state index in [0.29, 0.717) is 6.54 Å². The van der Waals surface area contributed by atoms with Crippen LogP contribution in [0.5, 0.6) is 0 Å². The van der Waals surface area contributed by atoms with Gasteiger partial charge >= 0.3 is 0 Å². The number of aromatic nitrogens is 3. The third-order valence-corrected chi connectivity index (χ3v) is 3.41. The summed E-state index contributed by atoms with van der Waals surface area (Å²) in [7, 11) is 0. The van der Waals surface area contributed by atoms with E-state index in [9.17, 15) is 0 Å². The first-order valence-electron chi connectivity index (χ1n) is 5.35. The summed E-state index contributed by atoms with van der Waals surface area (Å²) >= 11 is 1.65. The maximum atomic E-state index is 4.78. The molecule has 0 fully saturated rings. The Balaban J connectivity index is 1.72. The van der Waals surface area contributed by atoms with Gasteiger partial charge in [-0.1, -0.05) is 5.16 Å². The molecular formula is C11H12N4OS. The number of hydrogen-bond donors (Lipinski definition) is 1. The monoisotopic (exact) mass is 248 g/mol. The largest absolute Gasteiger partial charge is 0.364 e. The van der Waals surface area contributed by atoms with Crippen molar-refractivity contribution in [3.8, 4) is 0 Å². The molecule has 0 aliphatic heterocycles. The molecule has 3 rings (SSSR count). The number of nitrogens with one attached hydrogen (secondary N) is 1. The average molecular weight is 248 g/mol. The molecule has 0 radical (unpaired) electrons. The molecule has 0 bridgehead atoms. The molecule has 0 unspecified atom stereocenters. The summed E-state index contributed by atoms with van der Waals surface area (Å²) < 4.78 is 6.90. The highest BCUT2D eigenvalue weighted by Gasteiger charge is 2.08. The quantitative estimate of drug-likeness (QED) is 0.767. The molecule has 0 aliphatic rings. The average Bonchev–Trinajstić information content (AvgIpc) is 2.98. The first kappa shape index (κ1) is 10.5. The van der Waals surface area contributed by atoms with Crippen LogP contribution in [-0.2, 0) is 13.1 Å². The smallest absolute Gasteiger partial charge is 0.194 e. The van der Waals surface area contributed by atoms with Gasteiger partial charge < -0.3 is 9.84 Å². The maximum Gasteiger partial charge on any atom is 0.194 e. The molecule has 17 heavy (non-hydrogen) atoms. The Morgan fingerprint density at radius 1 is 1.47 bits per heavy atom. The molecule has 3 aromatic rings. The minimum atomic E-state index is 0.702. The number of fused-ring (bicyclic) bond motifs is 1. The molecule has 0 saturated heterocycles. The molecule has 0 amide bonds. The van der Waals surface area contributed by atoms with Gasteiger partial charge in [0.15, 0.2) is 4.96 Å². The topological polar surface area (TPSA) is 55.4 Å². The lowest BCUT2D eigenvalue weighted by molar-refractivity contribution is 0.408. The van der Waals surface area contributed by atoms with E-state index in [4.69, 9.17) is 4.52 Å². The Morgan fingerprint density at radius 2 is 2.41 bits per heavy atom. The van der Waals surface area contributed by atoms with Crippen LogP contribution in [0.25, 0.3) is 4.96 Å². The lowest BCUT2D eigenvalue weighted by atomic mass is 10.3. The summed E-state index contributed by atoms with van der Waals surface area (Å²) in [5.74, 6) is 0. The minimum Gasteiger partial charge on any atom is -0.364 e. The van der Waals surface area contributed by atoms with Gasteiger partial charge in [-0.2, -0.15) is 0 Å². The van der Waals surface area contributed by atoms with Gasteiger partial charge in [0.1, 0.15) is 6.26 Å². The molecule has 0 aliphatic carbocycles. The third-order valence-electron chi connectivity index (χ3n) is 2.65. The van der Waals surface area contributed by atoms with Crippen LogP contribution in [0.2, 0.25) is 0 Å². The van der Waals surface area contributed by atoms with Crippen LogP contribution in [0.4, 0.5) is 0 Å². The molecule has 5 nitrogen and oxygen atoms in total. The van der Waals surface area contributed by atoms with Crippen molar-refractivity contribution in [2.75, 3.05) is 0 Å². The molecule has 1 N–H and O–H groups in total. The Labute approximate surface area is 102 Å². The van der Waals surface area contributed by atoms with Gasteiger partial charge in [-0.25, -0.2) is 4.98 Å². The third kappa shape index (κ3) is 1.96. The van der Waals surface area contributed by atoms with Crippen LogP contribution in [0.3, 0.4) is 0 Å². The van der Waals surface area contributed by atoms with Crippen molar-refractivity contribution in [2.24, 2.45) is 0 Å². The first-order valence-corrected chi connectivity index (χ1v) is 6.23. The van der Waals surface area contributed by atoms with E-state index in [-0.39, 0.29) is 0 Å². The summed E-state index contributed by atoms with van der Waals surface area (Å²) in [6.45, 7) is 3.51. The zero-order valence-corrected chi connectivity index (χ0v) is 10.2. The molecule has 0 saturated carbocycles. The Bertz CT molecular complexity index is 611. The fourth-order valence-corrected chi connectivity index (χ4v) is 2.57. The van der Waals surface area contributed by atoms with Gasteiger partial charge in [0, 0.05) is 30.7 Å². The van der Waals surface area contributed by atoms with E-state index in [0.717, 1.165) is 22.9 Å². The van der Waals surface area contributed by atoms with E-state index in [1.165, 1.54) is 5.69 Å². The minimum absolute atomic E-state index is 0.702. The van der Waals surface area contributed by atoms with E-state index in [1.54, 1.807) is 17.6 Å². The maximum absolute atomic E-state index is 4.78.